The Morgan fingerprint density at radius 3 is 2.61 bits per heavy atom. The van der Waals surface area contributed by atoms with E-state index in [1.54, 1.807) is 12.1 Å². The summed E-state index contributed by atoms with van der Waals surface area (Å²) in [6.45, 7) is 3.50. The second-order valence-electron chi connectivity index (χ2n) is 4.64. The number of aryl methyl sites for hydroxylation is 1. The molecule has 0 bridgehead atoms. The van der Waals surface area contributed by atoms with Crippen LogP contribution in [-0.2, 0) is 16.4 Å². The normalized spacial score (nSPS) is 20.2. The van der Waals surface area contributed by atoms with Crippen molar-refractivity contribution in [1.82, 2.24) is 10.0 Å². The van der Waals surface area contributed by atoms with Crippen LogP contribution in [0.1, 0.15) is 25.3 Å². The first kappa shape index (κ1) is 13.5. The Morgan fingerprint density at radius 1 is 1.33 bits per heavy atom. The third kappa shape index (κ3) is 3.31. The topological polar surface area (TPSA) is 58.2 Å². The number of sulfonamides is 1. The minimum atomic E-state index is -3.36. The van der Waals surface area contributed by atoms with Gasteiger partial charge < -0.3 is 5.32 Å². The largest absolute Gasteiger partial charge is 0.313 e. The summed E-state index contributed by atoms with van der Waals surface area (Å²) in [5.41, 5.74) is 1.14. The highest BCUT2D eigenvalue weighted by Crippen LogP contribution is 2.11. The van der Waals surface area contributed by atoms with Crippen LogP contribution in [0.25, 0.3) is 0 Å². The van der Waals surface area contributed by atoms with Crippen LogP contribution in [0.4, 0.5) is 0 Å². The van der Waals surface area contributed by atoms with Gasteiger partial charge in [0.15, 0.2) is 0 Å². The van der Waals surface area contributed by atoms with Crippen molar-refractivity contribution in [2.45, 2.75) is 37.1 Å². The average Bonchev–Trinajstić information content (AvgIpc) is 2.90. The maximum absolute atomic E-state index is 12.0. The molecule has 0 saturated carbocycles. The molecule has 1 aromatic rings. The van der Waals surface area contributed by atoms with E-state index in [4.69, 9.17) is 0 Å². The molecule has 1 saturated heterocycles. The standard InChI is InChI=1S/C13H20N2O2S/c1-2-11-5-7-13(8-6-11)18(16,17)15-10-12-4-3-9-14-12/h5-8,12,14-15H,2-4,9-10H2,1H3. The fourth-order valence-corrected chi connectivity index (χ4v) is 3.21. The van der Waals surface area contributed by atoms with Crippen molar-refractivity contribution in [3.63, 3.8) is 0 Å². The summed E-state index contributed by atoms with van der Waals surface area (Å²) in [5.74, 6) is 0. The van der Waals surface area contributed by atoms with Crippen LogP contribution in [0.2, 0.25) is 0 Å². The predicted molar refractivity (Wildman–Crippen MR) is 72.0 cm³/mol. The van der Waals surface area contributed by atoms with Gasteiger partial charge in [-0.1, -0.05) is 19.1 Å². The average molecular weight is 268 g/mol. The third-order valence-corrected chi connectivity index (χ3v) is 4.76. The van der Waals surface area contributed by atoms with E-state index < -0.39 is 10.0 Å². The molecule has 4 nitrogen and oxygen atoms in total. The molecular formula is C13H20N2O2S. The molecule has 0 amide bonds. The first-order chi connectivity index (χ1) is 8.62. The minimum Gasteiger partial charge on any atom is -0.313 e. The zero-order chi connectivity index (χ0) is 13.0. The van der Waals surface area contributed by atoms with E-state index in [1.165, 1.54) is 0 Å². The van der Waals surface area contributed by atoms with Crippen molar-refractivity contribution in [3.8, 4) is 0 Å². The van der Waals surface area contributed by atoms with Gasteiger partial charge >= 0.3 is 0 Å². The maximum Gasteiger partial charge on any atom is 0.240 e. The molecule has 1 fully saturated rings. The molecule has 1 aromatic carbocycles. The molecule has 0 radical (unpaired) electrons. The van der Waals surface area contributed by atoms with E-state index in [0.29, 0.717) is 11.4 Å². The predicted octanol–water partition coefficient (Wildman–Crippen LogP) is 1.28. The molecule has 0 spiro atoms. The van der Waals surface area contributed by atoms with Crippen LogP contribution in [0.15, 0.2) is 29.2 Å². The van der Waals surface area contributed by atoms with E-state index in [1.807, 2.05) is 19.1 Å². The van der Waals surface area contributed by atoms with Crippen LogP contribution in [0.5, 0.6) is 0 Å². The molecule has 1 atom stereocenters. The third-order valence-electron chi connectivity index (χ3n) is 3.32. The first-order valence-electron chi connectivity index (χ1n) is 6.44. The Balaban J connectivity index is 2.00. The van der Waals surface area contributed by atoms with Gasteiger partial charge in [0.05, 0.1) is 4.90 Å². The van der Waals surface area contributed by atoms with Gasteiger partial charge in [-0.15, -0.1) is 0 Å². The highest BCUT2D eigenvalue weighted by Gasteiger charge is 2.18. The SMILES string of the molecule is CCc1ccc(S(=O)(=O)NCC2CCCN2)cc1. The molecule has 2 rings (SSSR count). The van der Waals surface area contributed by atoms with Crippen molar-refractivity contribution >= 4 is 10.0 Å². The summed E-state index contributed by atoms with van der Waals surface area (Å²) in [7, 11) is -3.36. The van der Waals surface area contributed by atoms with E-state index in [-0.39, 0.29) is 6.04 Å². The summed E-state index contributed by atoms with van der Waals surface area (Å²) in [6, 6.07) is 7.34. The van der Waals surface area contributed by atoms with Gasteiger partial charge in [0, 0.05) is 12.6 Å². The smallest absolute Gasteiger partial charge is 0.240 e. The van der Waals surface area contributed by atoms with E-state index in [2.05, 4.69) is 10.0 Å². The van der Waals surface area contributed by atoms with Crippen molar-refractivity contribution in [3.05, 3.63) is 29.8 Å². The zero-order valence-corrected chi connectivity index (χ0v) is 11.5. The lowest BCUT2D eigenvalue weighted by Crippen LogP contribution is -2.37. The molecule has 100 valence electrons. The van der Waals surface area contributed by atoms with Crippen LogP contribution >= 0.6 is 0 Å². The van der Waals surface area contributed by atoms with E-state index in [0.717, 1.165) is 31.4 Å². The lowest BCUT2D eigenvalue weighted by atomic mass is 10.2. The number of rotatable bonds is 5. The number of benzene rings is 1. The molecule has 1 aliphatic rings. The van der Waals surface area contributed by atoms with Gasteiger partial charge in [-0.3, -0.25) is 0 Å². The van der Waals surface area contributed by atoms with Crippen LogP contribution in [-0.4, -0.2) is 27.5 Å². The van der Waals surface area contributed by atoms with Crippen molar-refractivity contribution < 1.29 is 8.42 Å². The number of hydrogen-bond donors (Lipinski definition) is 2. The van der Waals surface area contributed by atoms with E-state index >= 15 is 0 Å². The fraction of sp³-hybridized carbons (Fsp3) is 0.538. The number of nitrogens with one attached hydrogen (secondary N) is 2. The number of hydrogen-bond acceptors (Lipinski definition) is 3. The highest BCUT2D eigenvalue weighted by atomic mass is 32.2. The molecule has 1 heterocycles. The Kier molecular flexibility index (Phi) is 4.37. The zero-order valence-electron chi connectivity index (χ0n) is 10.6. The molecule has 0 aliphatic carbocycles. The molecule has 18 heavy (non-hydrogen) atoms. The quantitative estimate of drug-likeness (QED) is 0.846. The molecule has 5 heteroatoms. The van der Waals surface area contributed by atoms with Gasteiger partial charge in [0.1, 0.15) is 0 Å². The minimum absolute atomic E-state index is 0.273. The van der Waals surface area contributed by atoms with Gasteiger partial charge in [-0.05, 0) is 43.5 Å². The fourth-order valence-electron chi connectivity index (χ4n) is 2.13. The second-order valence-corrected chi connectivity index (χ2v) is 6.41. The van der Waals surface area contributed by atoms with Gasteiger partial charge in [-0.25, -0.2) is 13.1 Å². The molecule has 1 unspecified atom stereocenters. The molecular weight excluding hydrogens is 248 g/mol. The maximum atomic E-state index is 12.0. The molecule has 0 aromatic heterocycles. The van der Waals surface area contributed by atoms with Gasteiger partial charge in [-0.2, -0.15) is 0 Å². The van der Waals surface area contributed by atoms with Crippen molar-refractivity contribution in [2.24, 2.45) is 0 Å². The summed E-state index contributed by atoms with van der Waals surface area (Å²) in [6.07, 6.45) is 3.08. The summed E-state index contributed by atoms with van der Waals surface area (Å²) >= 11 is 0. The summed E-state index contributed by atoms with van der Waals surface area (Å²) in [5, 5.41) is 3.27. The first-order valence-corrected chi connectivity index (χ1v) is 7.92. The monoisotopic (exact) mass is 268 g/mol. The van der Waals surface area contributed by atoms with Gasteiger partial charge in [0.25, 0.3) is 0 Å². The highest BCUT2D eigenvalue weighted by molar-refractivity contribution is 7.89. The van der Waals surface area contributed by atoms with E-state index in [9.17, 15) is 8.42 Å². The summed E-state index contributed by atoms with van der Waals surface area (Å²) in [4.78, 5) is 0.345. The van der Waals surface area contributed by atoms with Crippen molar-refractivity contribution in [1.29, 1.82) is 0 Å². The van der Waals surface area contributed by atoms with Crippen LogP contribution in [0, 0.1) is 0 Å². The summed E-state index contributed by atoms with van der Waals surface area (Å²) < 4.78 is 26.8. The lowest BCUT2D eigenvalue weighted by Gasteiger charge is -2.12. The lowest BCUT2D eigenvalue weighted by molar-refractivity contribution is 0.552. The Morgan fingerprint density at radius 2 is 2.06 bits per heavy atom. The van der Waals surface area contributed by atoms with Gasteiger partial charge in [0.2, 0.25) is 10.0 Å². The van der Waals surface area contributed by atoms with Crippen LogP contribution < -0.4 is 10.0 Å². The Hall–Kier alpha value is -0.910. The van der Waals surface area contributed by atoms with Crippen molar-refractivity contribution in [2.75, 3.05) is 13.1 Å². The Labute approximate surface area is 109 Å². The second kappa shape index (κ2) is 5.82. The molecule has 1 aliphatic heterocycles. The Bertz CT molecular complexity index is 476. The van der Waals surface area contributed by atoms with Crippen LogP contribution in [0.3, 0.4) is 0 Å². The molecule has 2 N–H and O–H groups in total.